The van der Waals surface area contributed by atoms with E-state index in [9.17, 15) is 4.79 Å². The van der Waals surface area contributed by atoms with Crippen LogP contribution < -0.4 is 10.5 Å². The molecule has 1 heterocycles. The van der Waals surface area contributed by atoms with Crippen LogP contribution in [0.5, 0.6) is 0 Å². The van der Waals surface area contributed by atoms with Gasteiger partial charge in [-0.25, -0.2) is 4.98 Å². The lowest BCUT2D eigenvalue weighted by atomic mass is 10.2. The van der Waals surface area contributed by atoms with Crippen molar-refractivity contribution in [1.29, 1.82) is 0 Å². The number of nitrogens with zero attached hydrogens (tertiary/aromatic N) is 3. The fourth-order valence-electron chi connectivity index (χ4n) is 2.70. The monoisotopic (exact) mass is 305 g/mol. The van der Waals surface area contributed by atoms with E-state index in [-0.39, 0.29) is 5.56 Å². The largest absolute Gasteiger partial charge is 0.326 e. The molecule has 2 aromatic carbocycles. The summed E-state index contributed by atoms with van der Waals surface area (Å²) in [5, 5.41) is 0. The molecule has 0 spiro atoms. The smallest absolute Gasteiger partial charge is 0.260 e. The van der Waals surface area contributed by atoms with Gasteiger partial charge in [0.15, 0.2) is 0 Å². The van der Waals surface area contributed by atoms with E-state index in [0.29, 0.717) is 11.6 Å². The molecule has 0 fully saturated rings. The van der Waals surface area contributed by atoms with Crippen LogP contribution in [-0.4, -0.2) is 16.1 Å². The van der Waals surface area contributed by atoms with Crippen molar-refractivity contribution in [3.63, 3.8) is 0 Å². The second-order valence-corrected chi connectivity index (χ2v) is 5.25. The van der Waals surface area contributed by atoms with Crippen LogP contribution in [0.4, 0.5) is 11.5 Å². The minimum Gasteiger partial charge on any atom is -0.326 e. The molecular weight excluding hydrogens is 286 g/mol. The average molecular weight is 305 g/mol. The van der Waals surface area contributed by atoms with Gasteiger partial charge in [0.05, 0.1) is 5.69 Å². The number of hydrogen-bond acceptors (Lipinski definition) is 3. The molecule has 116 valence electrons. The molecule has 1 aromatic heterocycles. The van der Waals surface area contributed by atoms with Gasteiger partial charge >= 0.3 is 0 Å². The van der Waals surface area contributed by atoms with Gasteiger partial charge < -0.3 is 4.90 Å². The van der Waals surface area contributed by atoms with Crippen LogP contribution in [0.25, 0.3) is 5.69 Å². The van der Waals surface area contributed by atoms with E-state index in [4.69, 9.17) is 0 Å². The summed E-state index contributed by atoms with van der Waals surface area (Å²) < 4.78 is 1.63. The van der Waals surface area contributed by atoms with Crippen molar-refractivity contribution in [2.24, 2.45) is 0 Å². The van der Waals surface area contributed by atoms with E-state index >= 15 is 0 Å². The second-order valence-electron chi connectivity index (χ2n) is 5.25. The van der Waals surface area contributed by atoms with Crippen molar-refractivity contribution in [1.82, 2.24) is 9.55 Å². The third-order valence-electron chi connectivity index (χ3n) is 3.75. The van der Waals surface area contributed by atoms with Crippen LogP contribution >= 0.6 is 0 Å². The highest BCUT2D eigenvalue weighted by atomic mass is 16.1. The highest BCUT2D eigenvalue weighted by Crippen LogP contribution is 2.22. The number of aryl methyl sites for hydroxylation is 1. The summed E-state index contributed by atoms with van der Waals surface area (Å²) in [6, 6.07) is 21.1. The van der Waals surface area contributed by atoms with E-state index in [2.05, 4.69) is 4.98 Å². The molecule has 0 bridgehead atoms. The average Bonchev–Trinajstić information content (AvgIpc) is 2.57. The molecule has 3 aromatic rings. The Morgan fingerprint density at radius 2 is 1.61 bits per heavy atom. The lowest BCUT2D eigenvalue weighted by Crippen LogP contribution is -2.26. The van der Waals surface area contributed by atoms with Crippen molar-refractivity contribution in [3.8, 4) is 5.69 Å². The minimum atomic E-state index is -0.0759. The first-order valence-corrected chi connectivity index (χ1v) is 7.69. The third kappa shape index (κ3) is 3.01. The highest BCUT2D eigenvalue weighted by Gasteiger charge is 2.13. The predicted molar refractivity (Wildman–Crippen MR) is 93.7 cm³/mol. The van der Waals surface area contributed by atoms with Gasteiger partial charge in [0.1, 0.15) is 11.6 Å². The van der Waals surface area contributed by atoms with Crippen molar-refractivity contribution in [3.05, 3.63) is 82.9 Å². The summed E-state index contributed by atoms with van der Waals surface area (Å²) in [7, 11) is 0. The summed E-state index contributed by atoms with van der Waals surface area (Å²) in [5.74, 6) is 1.35. The Kier molecular flexibility index (Phi) is 4.24. The molecule has 23 heavy (non-hydrogen) atoms. The van der Waals surface area contributed by atoms with Crippen LogP contribution in [0.15, 0.2) is 71.5 Å². The summed E-state index contributed by atoms with van der Waals surface area (Å²) in [6.07, 6.45) is 0. The molecule has 0 aliphatic carbocycles. The molecule has 0 amide bonds. The van der Waals surface area contributed by atoms with Crippen LogP contribution in [-0.2, 0) is 0 Å². The van der Waals surface area contributed by atoms with Gasteiger partial charge in [-0.15, -0.1) is 0 Å². The number of para-hydroxylation sites is 2. The minimum absolute atomic E-state index is 0.0759. The van der Waals surface area contributed by atoms with E-state index in [1.54, 1.807) is 10.6 Å². The lowest BCUT2D eigenvalue weighted by molar-refractivity contribution is 0.851. The van der Waals surface area contributed by atoms with Crippen molar-refractivity contribution in [2.75, 3.05) is 11.4 Å². The van der Waals surface area contributed by atoms with Crippen LogP contribution in [0, 0.1) is 6.92 Å². The number of aromatic nitrogens is 2. The van der Waals surface area contributed by atoms with Crippen LogP contribution in [0.3, 0.4) is 0 Å². The van der Waals surface area contributed by atoms with Crippen LogP contribution in [0.1, 0.15) is 12.7 Å². The first kappa shape index (κ1) is 15.0. The molecule has 0 N–H and O–H groups in total. The van der Waals surface area contributed by atoms with Gasteiger partial charge in [0, 0.05) is 18.3 Å². The zero-order valence-corrected chi connectivity index (χ0v) is 13.3. The molecule has 0 atom stereocenters. The van der Waals surface area contributed by atoms with Crippen molar-refractivity contribution < 1.29 is 0 Å². The van der Waals surface area contributed by atoms with Gasteiger partial charge in [-0.1, -0.05) is 36.4 Å². The van der Waals surface area contributed by atoms with Gasteiger partial charge in [0.25, 0.3) is 5.56 Å². The Balaban J connectivity index is 2.08. The first-order valence-electron chi connectivity index (χ1n) is 7.69. The number of benzene rings is 2. The normalized spacial score (nSPS) is 10.5. The summed E-state index contributed by atoms with van der Waals surface area (Å²) >= 11 is 0. The molecule has 0 saturated carbocycles. The number of hydrogen-bond donors (Lipinski definition) is 0. The van der Waals surface area contributed by atoms with Crippen molar-refractivity contribution >= 4 is 11.5 Å². The molecule has 0 aliphatic rings. The Hall–Kier alpha value is -2.88. The lowest BCUT2D eigenvalue weighted by Gasteiger charge is -2.23. The van der Waals surface area contributed by atoms with E-state index in [0.717, 1.165) is 17.9 Å². The van der Waals surface area contributed by atoms with E-state index in [1.165, 1.54) is 0 Å². The highest BCUT2D eigenvalue weighted by molar-refractivity contribution is 5.59. The zero-order valence-electron chi connectivity index (χ0n) is 13.3. The second kappa shape index (κ2) is 6.48. The quantitative estimate of drug-likeness (QED) is 0.737. The Morgan fingerprint density at radius 1 is 1.00 bits per heavy atom. The molecule has 0 aliphatic heterocycles. The Bertz CT molecular complexity index is 841. The molecule has 0 unspecified atom stereocenters. The molecule has 4 nitrogen and oxygen atoms in total. The van der Waals surface area contributed by atoms with E-state index in [1.807, 2.05) is 79.4 Å². The number of rotatable bonds is 4. The van der Waals surface area contributed by atoms with Gasteiger partial charge in [-0.05, 0) is 38.1 Å². The Labute approximate surface area is 135 Å². The van der Waals surface area contributed by atoms with Gasteiger partial charge in [-0.2, -0.15) is 0 Å². The maximum Gasteiger partial charge on any atom is 0.260 e. The summed E-state index contributed by atoms with van der Waals surface area (Å²) in [6.45, 7) is 4.65. The third-order valence-corrected chi connectivity index (χ3v) is 3.75. The fraction of sp³-hybridized carbons (Fsp3) is 0.158. The molecule has 4 heteroatoms. The maximum atomic E-state index is 12.6. The molecular formula is C19H19N3O. The van der Waals surface area contributed by atoms with Crippen LogP contribution in [0.2, 0.25) is 0 Å². The molecule has 0 saturated heterocycles. The topological polar surface area (TPSA) is 38.1 Å². The summed E-state index contributed by atoms with van der Waals surface area (Å²) in [5.41, 5.74) is 1.78. The van der Waals surface area contributed by atoms with Gasteiger partial charge in [-0.3, -0.25) is 9.36 Å². The zero-order chi connectivity index (χ0) is 16.2. The SMILES string of the molecule is CCN(c1ccccc1)c1cc(=O)n(-c2ccccc2)c(C)n1. The molecule has 3 rings (SSSR count). The van der Waals surface area contributed by atoms with Gasteiger partial charge in [0.2, 0.25) is 0 Å². The maximum absolute atomic E-state index is 12.6. The number of anilines is 2. The molecule has 0 radical (unpaired) electrons. The standard InChI is InChI=1S/C19H19N3O/c1-3-21(16-10-6-4-7-11-16)18-14-19(23)22(15(2)20-18)17-12-8-5-9-13-17/h4-14H,3H2,1-2H3. The van der Waals surface area contributed by atoms with Crippen molar-refractivity contribution in [2.45, 2.75) is 13.8 Å². The summed E-state index contributed by atoms with van der Waals surface area (Å²) in [4.78, 5) is 19.3. The van der Waals surface area contributed by atoms with E-state index < -0.39 is 0 Å². The Morgan fingerprint density at radius 3 is 2.17 bits per heavy atom. The first-order chi connectivity index (χ1) is 11.2. The fourth-order valence-corrected chi connectivity index (χ4v) is 2.70. The predicted octanol–water partition coefficient (Wildman–Crippen LogP) is 3.70.